The maximum absolute atomic E-state index is 11.8. The van der Waals surface area contributed by atoms with Crippen molar-refractivity contribution in [1.29, 1.82) is 0 Å². The molecule has 0 spiro atoms. The largest absolute Gasteiger partial charge is 0.454 e. The van der Waals surface area contributed by atoms with Gasteiger partial charge >= 0.3 is 5.97 Å². The van der Waals surface area contributed by atoms with E-state index >= 15 is 0 Å². The van der Waals surface area contributed by atoms with Gasteiger partial charge in [0.15, 0.2) is 18.1 Å². The molecular weight excluding hydrogens is 388 g/mol. The van der Waals surface area contributed by atoms with Gasteiger partial charge in [-0.1, -0.05) is 6.07 Å². The van der Waals surface area contributed by atoms with Crippen molar-refractivity contribution in [3.63, 3.8) is 0 Å². The first-order valence-corrected chi connectivity index (χ1v) is 9.13. The Hall–Kier alpha value is -3.40. The average Bonchev–Trinajstić information content (AvgIpc) is 3.35. The monoisotopic (exact) mass is 404 g/mol. The summed E-state index contributed by atoms with van der Waals surface area (Å²) in [6, 6.07) is 6.54. The number of hydrogen-bond donors (Lipinski definition) is 1. The number of ether oxygens (including phenoxy) is 3. The number of thiophene rings is 1. The van der Waals surface area contributed by atoms with E-state index in [0.717, 1.165) is 11.0 Å². The Morgan fingerprint density at radius 1 is 1.32 bits per heavy atom. The van der Waals surface area contributed by atoms with Crippen molar-refractivity contribution in [2.24, 2.45) is 0 Å². The molecule has 1 N–H and O–H groups in total. The van der Waals surface area contributed by atoms with Gasteiger partial charge in [-0.2, -0.15) is 0 Å². The number of fused-ring (bicyclic) bond motifs is 1. The molecule has 0 saturated heterocycles. The molecule has 1 aliphatic rings. The number of nitrogens with one attached hydrogen (secondary N) is 1. The molecule has 3 rings (SSSR count). The quantitative estimate of drug-likeness (QED) is 0.310. The van der Waals surface area contributed by atoms with E-state index in [4.69, 9.17) is 14.2 Å². The van der Waals surface area contributed by atoms with Gasteiger partial charge < -0.3 is 19.5 Å². The van der Waals surface area contributed by atoms with Crippen LogP contribution in [0, 0.1) is 10.1 Å². The molecule has 28 heavy (non-hydrogen) atoms. The molecule has 0 unspecified atom stereocenters. The van der Waals surface area contributed by atoms with Crippen molar-refractivity contribution in [2.75, 3.05) is 19.9 Å². The number of rotatable bonds is 8. The molecule has 0 saturated carbocycles. The zero-order valence-corrected chi connectivity index (χ0v) is 15.4. The lowest BCUT2D eigenvalue weighted by atomic mass is 10.1. The van der Waals surface area contributed by atoms with Gasteiger partial charge in [-0.25, -0.2) is 4.79 Å². The van der Waals surface area contributed by atoms with E-state index in [1.807, 2.05) is 17.5 Å². The molecule has 9 nitrogen and oxygen atoms in total. The molecule has 1 aliphatic heterocycles. The second-order valence-electron chi connectivity index (χ2n) is 5.64. The molecule has 2 aromatic rings. The van der Waals surface area contributed by atoms with Gasteiger partial charge in [0, 0.05) is 17.5 Å². The summed E-state index contributed by atoms with van der Waals surface area (Å²) in [6.45, 7) is -0.0176. The van der Waals surface area contributed by atoms with E-state index in [9.17, 15) is 19.7 Å². The Morgan fingerprint density at radius 2 is 2.11 bits per heavy atom. The highest BCUT2D eigenvalue weighted by atomic mass is 32.1. The fourth-order valence-corrected chi connectivity index (χ4v) is 3.12. The van der Waals surface area contributed by atoms with Crippen LogP contribution in [0.15, 0.2) is 35.7 Å². The van der Waals surface area contributed by atoms with Crippen molar-refractivity contribution in [3.05, 3.63) is 56.3 Å². The number of carbonyl (C=O) groups excluding carboxylic acids is 2. The van der Waals surface area contributed by atoms with Gasteiger partial charge in [-0.05, 0) is 30.0 Å². The van der Waals surface area contributed by atoms with Crippen LogP contribution in [0.5, 0.6) is 11.5 Å². The number of nitro benzene ring substituents is 1. The number of nitro groups is 1. The standard InChI is InChI=1S/C18H16N2O7S/c21-17(19-6-5-13-2-1-7-28-13)10-25-18(22)4-3-12-8-15-16(27-11-26-15)9-14(12)20(23)24/h1-4,7-9H,5-6,10-11H2,(H,19,21)/b4-3+. The molecule has 0 aliphatic carbocycles. The third kappa shape index (κ3) is 5.07. The first kappa shape index (κ1) is 19.4. The van der Waals surface area contributed by atoms with E-state index in [1.165, 1.54) is 18.2 Å². The maximum atomic E-state index is 11.8. The number of carbonyl (C=O) groups is 2. The molecule has 10 heteroatoms. The predicted octanol–water partition coefficient (Wildman–Crippen LogP) is 2.30. The van der Waals surface area contributed by atoms with Crippen molar-refractivity contribution in [2.45, 2.75) is 6.42 Å². The average molecular weight is 404 g/mol. The Balaban J connectivity index is 1.50. The minimum absolute atomic E-state index is 0.0245. The van der Waals surface area contributed by atoms with E-state index in [1.54, 1.807) is 11.3 Å². The van der Waals surface area contributed by atoms with Crippen LogP contribution in [0.1, 0.15) is 10.4 Å². The van der Waals surface area contributed by atoms with E-state index in [0.29, 0.717) is 18.7 Å². The van der Waals surface area contributed by atoms with E-state index < -0.39 is 23.4 Å². The normalized spacial score (nSPS) is 12.1. The minimum Gasteiger partial charge on any atom is -0.454 e. The van der Waals surface area contributed by atoms with Crippen LogP contribution in [-0.4, -0.2) is 36.7 Å². The summed E-state index contributed by atoms with van der Waals surface area (Å²) in [5.74, 6) is -0.595. The Kier molecular flexibility index (Phi) is 6.22. The lowest BCUT2D eigenvalue weighted by molar-refractivity contribution is -0.385. The fraction of sp³-hybridized carbons (Fsp3) is 0.222. The zero-order valence-electron chi connectivity index (χ0n) is 14.6. The number of nitrogens with zero attached hydrogens (tertiary/aromatic N) is 1. The molecule has 0 radical (unpaired) electrons. The summed E-state index contributed by atoms with van der Waals surface area (Å²) >= 11 is 1.60. The molecule has 0 atom stereocenters. The van der Waals surface area contributed by atoms with Crippen molar-refractivity contribution < 1.29 is 28.7 Å². The van der Waals surface area contributed by atoms with Gasteiger partial charge in [0.25, 0.3) is 11.6 Å². The molecule has 1 amide bonds. The van der Waals surface area contributed by atoms with Gasteiger partial charge in [0.2, 0.25) is 6.79 Å². The van der Waals surface area contributed by atoms with E-state index in [2.05, 4.69) is 5.32 Å². The predicted molar refractivity (Wildman–Crippen MR) is 100 cm³/mol. The van der Waals surface area contributed by atoms with E-state index in [-0.39, 0.29) is 23.8 Å². The summed E-state index contributed by atoms with van der Waals surface area (Å²) in [4.78, 5) is 35.2. The van der Waals surface area contributed by atoms with Gasteiger partial charge in [-0.15, -0.1) is 11.3 Å². The molecule has 0 bridgehead atoms. The second-order valence-corrected chi connectivity index (χ2v) is 6.67. The summed E-state index contributed by atoms with van der Waals surface area (Å²) in [6.07, 6.45) is 2.95. The Labute approximate surface area is 163 Å². The first-order valence-electron chi connectivity index (χ1n) is 8.25. The van der Waals surface area contributed by atoms with Crippen molar-refractivity contribution in [1.82, 2.24) is 5.32 Å². The molecule has 2 heterocycles. The van der Waals surface area contributed by atoms with Crippen LogP contribution in [-0.2, 0) is 20.7 Å². The number of esters is 1. The lowest BCUT2D eigenvalue weighted by Crippen LogP contribution is -2.30. The second kappa shape index (κ2) is 9.00. The lowest BCUT2D eigenvalue weighted by Gasteiger charge is -2.04. The van der Waals surface area contributed by atoms with Gasteiger partial charge in [0.1, 0.15) is 0 Å². The first-order chi connectivity index (χ1) is 13.5. The Bertz CT molecular complexity index is 909. The van der Waals surface area contributed by atoms with Crippen LogP contribution in [0.25, 0.3) is 6.08 Å². The third-order valence-corrected chi connectivity index (χ3v) is 4.67. The molecule has 1 aromatic heterocycles. The van der Waals surface area contributed by atoms with Crippen molar-refractivity contribution in [3.8, 4) is 11.5 Å². The third-order valence-electron chi connectivity index (χ3n) is 3.74. The molecule has 1 aromatic carbocycles. The summed E-state index contributed by atoms with van der Waals surface area (Å²) in [5.41, 5.74) is -0.0776. The Morgan fingerprint density at radius 3 is 2.82 bits per heavy atom. The molecule has 0 fully saturated rings. The van der Waals surface area contributed by atoms with Crippen LogP contribution in [0.2, 0.25) is 0 Å². The van der Waals surface area contributed by atoms with Crippen molar-refractivity contribution >= 4 is 35.0 Å². The molecular formula is C18H16N2O7S. The SMILES string of the molecule is O=C(COC(=O)/C=C/c1cc2c(cc1[N+](=O)[O-])OCO2)NCCc1cccs1. The highest BCUT2D eigenvalue weighted by molar-refractivity contribution is 7.09. The topological polar surface area (TPSA) is 117 Å². The minimum atomic E-state index is -0.791. The highest BCUT2D eigenvalue weighted by Gasteiger charge is 2.22. The fourth-order valence-electron chi connectivity index (χ4n) is 2.41. The highest BCUT2D eigenvalue weighted by Crippen LogP contribution is 2.38. The number of amides is 1. The molecule has 146 valence electrons. The van der Waals surface area contributed by atoms with Gasteiger partial charge in [0.05, 0.1) is 16.6 Å². The maximum Gasteiger partial charge on any atom is 0.331 e. The van der Waals surface area contributed by atoms with Crippen LogP contribution in [0.3, 0.4) is 0 Å². The van der Waals surface area contributed by atoms with Crippen LogP contribution < -0.4 is 14.8 Å². The smallest absolute Gasteiger partial charge is 0.331 e. The number of benzene rings is 1. The number of hydrogen-bond acceptors (Lipinski definition) is 8. The summed E-state index contributed by atoms with van der Waals surface area (Å²) in [7, 11) is 0. The van der Waals surface area contributed by atoms with Crippen LogP contribution >= 0.6 is 11.3 Å². The van der Waals surface area contributed by atoms with Crippen LogP contribution in [0.4, 0.5) is 5.69 Å². The zero-order chi connectivity index (χ0) is 19.9. The van der Waals surface area contributed by atoms with Gasteiger partial charge in [-0.3, -0.25) is 14.9 Å². The summed E-state index contributed by atoms with van der Waals surface area (Å²) < 4.78 is 15.1. The summed E-state index contributed by atoms with van der Waals surface area (Å²) in [5, 5.41) is 15.8.